The van der Waals surface area contributed by atoms with Crippen molar-refractivity contribution in [1.82, 2.24) is 5.32 Å². The second-order valence-corrected chi connectivity index (χ2v) is 8.18. The van der Waals surface area contributed by atoms with E-state index in [-0.39, 0.29) is 5.91 Å². The van der Waals surface area contributed by atoms with Crippen molar-refractivity contribution in [2.24, 2.45) is 0 Å². The number of amides is 1. The fraction of sp³-hybridized carbons (Fsp3) is 0.350. The summed E-state index contributed by atoms with van der Waals surface area (Å²) in [6.45, 7) is 6.86. The fourth-order valence-electron chi connectivity index (χ4n) is 2.70. The van der Waals surface area contributed by atoms with Crippen LogP contribution in [0.3, 0.4) is 0 Å². The molecule has 0 saturated heterocycles. The van der Waals surface area contributed by atoms with E-state index in [4.69, 9.17) is 4.74 Å². The van der Waals surface area contributed by atoms with Gasteiger partial charge in [0.05, 0.1) is 18.5 Å². The lowest BCUT2D eigenvalue weighted by atomic mass is 10.1. The molecule has 7 heteroatoms. The maximum Gasteiger partial charge on any atom is 0.251 e. The van der Waals surface area contributed by atoms with E-state index in [2.05, 4.69) is 5.32 Å². The minimum atomic E-state index is -3.34. The van der Waals surface area contributed by atoms with E-state index in [0.29, 0.717) is 30.9 Å². The van der Waals surface area contributed by atoms with Crippen LogP contribution in [0.25, 0.3) is 0 Å². The first-order valence-electron chi connectivity index (χ1n) is 8.79. The third-order valence-electron chi connectivity index (χ3n) is 4.31. The number of ether oxygens (including phenoxy) is 1. The number of carbonyl (C=O) groups is 1. The van der Waals surface area contributed by atoms with Crippen molar-refractivity contribution in [1.29, 1.82) is 0 Å². The topological polar surface area (TPSA) is 75.7 Å². The average Bonchev–Trinajstić information content (AvgIpc) is 2.62. The van der Waals surface area contributed by atoms with Gasteiger partial charge in [0.15, 0.2) is 0 Å². The van der Waals surface area contributed by atoms with E-state index in [1.807, 2.05) is 32.0 Å². The predicted molar refractivity (Wildman–Crippen MR) is 108 cm³/mol. The number of aryl methyl sites for hydroxylation is 1. The highest BCUT2D eigenvalue weighted by Crippen LogP contribution is 2.20. The fourth-order valence-corrected chi connectivity index (χ4v) is 3.67. The zero-order chi connectivity index (χ0) is 20.0. The first-order valence-corrected chi connectivity index (χ1v) is 10.6. The van der Waals surface area contributed by atoms with Gasteiger partial charge in [0.2, 0.25) is 10.0 Å². The second-order valence-electron chi connectivity index (χ2n) is 6.28. The van der Waals surface area contributed by atoms with Crippen LogP contribution in [0.5, 0.6) is 5.75 Å². The molecule has 2 aromatic carbocycles. The van der Waals surface area contributed by atoms with Crippen LogP contribution in [0.1, 0.15) is 28.4 Å². The number of rotatable bonds is 8. The Hall–Kier alpha value is -2.54. The van der Waals surface area contributed by atoms with Gasteiger partial charge in [-0.05, 0) is 62.2 Å². The first-order chi connectivity index (χ1) is 12.7. The number of nitrogens with zero attached hydrogens (tertiary/aromatic N) is 1. The van der Waals surface area contributed by atoms with Gasteiger partial charge in [-0.3, -0.25) is 9.10 Å². The van der Waals surface area contributed by atoms with Gasteiger partial charge >= 0.3 is 0 Å². The molecule has 0 unspecified atom stereocenters. The number of hydrogen-bond acceptors (Lipinski definition) is 4. The zero-order valence-corrected chi connectivity index (χ0v) is 17.0. The van der Waals surface area contributed by atoms with Gasteiger partial charge in [0.1, 0.15) is 12.4 Å². The Labute approximate surface area is 161 Å². The number of sulfonamides is 1. The van der Waals surface area contributed by atoms with Crippen molar-refractivity contribution in [2.45, 2.75) is 20.8 Å². The molecular weight excluding hydrogens is 364 g/mol. The Kier molecular flexibility index (Phi) is 6.85. The summed E-state index contributed by atoms with van der Waals surface area (Å²) in [4.78, 5) is 12.2. The summed E-state index contributed by atoms with van der Waals surface area (Å²) in [5, 5.41) is 2.80. The first kappa shape index (κ1) is 20.8. The maximum atomic E-state index is 12.2. The molecule has 2 rings (SSSR count). The molecule has 0 fully saturated rings. The number of hydrogen-bond donors (Lipinski definition) is 1. The van der Waals surface area contributed by atoms with Gasteiger partial charge < -0.3 is 10.1 Å². The number of carbonyl (C=O) groups excluding carboxylic acids is 1. The molecule has 2 aromatic rings. The Morgan fingerprint density at radius 3 is 2.37 bits per heavy atom. The lowest BCUT2D eigenvalue weighted by Gasteiger charge is -2.20. The minimum absolute atomic E-state index is 0.228. The van der Waals surface area contributed by atoms with Gasteiger partial charge in [0.25, 0.3) is 5.91 Å². The van der Waals surface area contributed by atoms with Crippen LogP contribution >= 0.6 is 0 Å². The van der Waals surface area contributed by atoms with Crippen molar-refractivity contribution >= 4 is 21.6 Å². The molecule has 1 N–H and O–H groups in total. The van der Waals surface area contributed by atoms with E-state index in [1.165, 1.54) is 4.31 Å². The van der Waals surface area contributed by atoms with Crippen LogP contribution in [-0.2, 0) is 10.0 Å². The van der Waals surface area contributed by atoms with Gasteiger partial charge in [-0.2, -0.15) is 0 Å². The molecule has 6 nitrogen and oxygen atoms in total. The molecule has 0 heterocycles. The number of nitrogens with one attached hydrogen (secondary N) is 1. The van der Waals surface area contributed by atoms with Crippen molar-refractivity contribution in [2.75, 3.05) is 30.3 Å². The smallest absolute Gasteiger partial charge is 0.251 e. The monoisotopic (exact) mass is 390 g/mol. The lowest BCUT2D eigenvalue weighted by Crippen LogP contribution is -2.30. The second kappa shape index (κ2) is 8.90. The van der Waals surface area contributed by atoms with Gasteiger partial charge in [-0.1, -0.05) is 12.1 Å². The van der Waals surface area contributed by atoms with Crippen molar-refractivity contribution in [3.8, 4) is 5.75 Å². The summed E-state index contributed by atoms with van der Waals surface area (Å²) in [7, 11) is -3.34. The van der Waals surface area contributed by atoms with Crippen molar-refractivity contribution in [3.05, 3.63) is 59.2 Å². The molecule has 0 aromatic heterocycles. The van der Waals surface area contributed by atoms with Gasteiger partial charge in [-0.15, -0.1) is 0 Å². The molecule has 0 saturated carbocycles. The van der Waals surface area contributed by atoms with E-state index < -0.39 is 10.0 Å². The molecule has 0 spiro atoms. The molecular formula is C20H26N2O4S. The van der Waals surface area contributed by atoms with Crippen LogP contribution in [0.4, 0.5) is 5.69 Å². The molecule has 0 aliphatic rings. The van der Waals surface area contributed by atoms with Gasteiger partial charge in [0, 0.05) is 12.1 Å². The molecule has 0 bridgehead atoms. The molecule has 0 aliphatic heterocycles. The molecule has 27 heavy (non-hydrogen) atoms. The van der Waals surface area contributed by atoms with Crippen LogP contribution in [0.15, 0.2) is 42.5 Å². The maximum absolute atomic E-state index is 12.2. The third kappa shape index (κ3) is 5.47. The number of benzene rings is 2. The van der Waals surface area contributed by atoms with Crippen LogP contribution in [0.2, 0.25) is 0 Å². The predicted octanol–water partition coefficient (Wildman–Crippen LogP) is 2.90. The number of anilines is 1. The normalized spacial score (nSPS) is 11.1. The zero-order valence-electron chi connectivity index (χ0n) is 16.2. The van der Waals surface area contributed by atoms with Crippen LogP contribution < -0.4 is 14.4 Å². The summed E-state index contributed by atoms with van der Waals surface area (Å²) < 4.78 is 30.5. The van der Waals surface area contributed by atoms with Crippen LogP contribution in [0, 0.1) is 13.8 Å². The molecule has 0 atom stereocenters. The lowest BCUT2D eigenvalue weighted by molar-refractivity contribution is 0.0947. The van der Waals surface area contributed by atoms with E-state index in [1.54, 1.807) is 31.2 Å². The SMILES string of the molecule is CCN(c1ccc(C(=O)NCCOc2cccc(C)c2C)cc1)S(C)(=O)=O. The van der Waals surface area contributed by atoms with Crippen molar-refractivity contribution in [3.63, 3.8) is 0 Å². The largest absolute Gasteiger partial charge is 0.491 e. The van der Waals surface area contributed by atoms with E-state index in [0.717, 1.165) is 23.1 Å². The van der Waals surface area contributed by atoms with Crippen LogP contribution in [-0.4, -0.2) is 40.3 Å². The van der Waals surface area contributed by atoms with E-state index >= 15 is 0 Å². The summed E-state index contributed by atoms with van der Waals surface area (Å²) in [6, 6.07) is 12.4. The van der Waals surface area contributed by atoms with Gasteiger partial charge in [-0.25, -0.2) is 8.42 Å². The summed E-state index contributed by atoms with van der Waals surface area (Å²) in [5.41, 5.74) is 3.25. The quantitative estimate of drug-likeness (QED) is 0.703. The molecule has 146 valence electrons. The molecule has 0 radical (unpaired) electrons. The third-order valence-corrected chi connectivity index (χ3v) is 5.57. The Balaban J connectivity index is 1.90. The average molecular weight is 391 g/mol. The highest BCUT2D eigenvalue weighted by Gasteiger charge is 2.15. The Morgan fingerprint density at radius 2 is 1.78 bits per heavy atom. The Bertz CT molecular complexity index is 893. The molecule has 0 aliphatic carbocycles. The van der Waals surface area contributed by atoms with E-state index in [9.17, 15) is 13.2 Å². The highest BCUT2D eigenvalue weighted by molar-refractivity contribution is 7.92. The summed E-state index contributed by atoms with van der Waals surface area (Å²) in [5.74, 6) is 0.586. The minimum Gasteiger partial charge on any atom is -0.491 e. The summed E-state index contributed by atoms with van der Waals surface area (Å²) >= 11 is 0. The molecule has 1 amide bonds. The highest BCUT2D eigenvalue weighted by atomic mass is 32.2. The standard InChI is InChI=1S/C20H26N2O4S/c1-5-22(27(4,24)25)18-11-9-17(10-12-18)20(23)21-13-14-26-19-8-6-7-15(2)16(19)3/h6-12H,5,13-14H2,1-4H3,(H,21,23). The Morgan fingerprint density at radius 1 is 1.11 bits per heavy atom. The van der Waals surface area contributed by atoms with Crippen molar-refractivity contribution < 1.29 is 17.9 Å². The summed E-state index contributed by atoms with van der Waals surface area (Å²) in [6.07, 6.45) is 1.16.